The van der Waals surface area contributed by atoms with Crippen LogP contribution in [0.2, 0.25) is 0 Å². The van der Waals surface area contributed by atoms with Crippen LogP contribution in [0, 0.1) is 17.7 Å². The smallest absolute Gasteiger partial charge is 0.255 e. The van der Waals surface area contributed by atoms with Crippen LogP contribution in [0.25, 0.3) is 0 Å². The fourth-order valence-electron chi connectivity index (χ4n) is 3.55. The second kappa shape index (κ2) is 10.2. The van der Waals surface area contributed by atoms with Crippen molar-refractivity contribution in [1.29, 1.82) is 0 Å². The van der Waals surface area contributed by atoms with Crippen molar-refractivity contribution in [2.75, 3.05) is 11.9 Å². The molecule has 3 rings (SSSR count). The third-order valence-corrected chi connectivity index (χ3v) is 5.06. The summed E-state index contributed by atoms with van der Waals surface area (Å²) in [4.78, 5) is 24.6. The quantitative estimate of drug-likeness (QED) is 0.687. The molecule has 2 amide bonds. The first kappa shape index (κ1) is 21.9. The van der Waals surface area contributed by atoms with Crippen molar-refractivity contribution in [3.63, 3.8) is 0 Å². The van der Waals surface area contributed by atoms with Crippen molar-refractivity contribution >= 4 is 29.9 Å². The fraction of sp³-hybridized carbons (Fsp3) is 0.333. The van der Waals surface area contributed by atoms with Crippen LogP contribution in [0.4, 0.5) is 10.1 Å². The second-order valence-electron chi connectivity index (χ2n) is 6.91. The van der Waals surface area contributed by atoms with E-state index in [9.17, 15) is 14.0 Å². The largest absolute Gasteiger partial charge is 0.352 e. The number of benzene rings is 2. The molecule has 28 heavy (non-hydrogen) atoms. The highest BCUT2D eigenvalue weighted by Crippen LogP contribution is 2.31. The first-order valence-corrected chi connectivity index (χ1v) is 9.20. The molecule has 0 unspecified atom stereocenters. The molecule has 2 atom stereocenters. The molecule has 1 aliphatic carbocycles. The zero-order chi connectivity index (χ0) is 19.2. The number of anilines is 1. The first-order valence-electron chi connectivity index (χ1n) is 9.20. The van der Waals surface area contributed by atoms with E-state index in [2.05, 4.69) is 10.6 Å². The van der Waals surface area contributed by atoms with Crippen LogP contribution < -0.4 is 16.4 Å². The van der Waals surface area contributed by atoms with Crippen LogP contribution in [-0.2, 0) is 11.3 Å². The van der Waals surface area contributed by atoms with Crippen molar-refractivity contribution in [2.45, 2.75) is 25.8 Å². The van der Waals surface area contributed by atoms with Gasteiger partial charge in [0, 0.05) is 23.7 Å². The zero-order valence-corrected chi connectivity index (χ0v) is 16.3. The van der Waals surface area contributed by atoms with Gasteiger partial charge in [0.15, 0.2) is 0 Å². The first-order chi connectivity index (χ1) is 13.1. The molecule has 1 saturated carbocycles. The van der Waals surface area contributed by atoms with Gasteiger partial charge < -0.3 is 16.4 Å². The summed E-state index contributed by atoms with van der Waals surface area (Å²) in [5.41, 5.74) is 7.64. The van der Waals surface area contributed by atoms with Gasteiger partial charge in [-0.3, -0.25) is 9.59 Å². The standard InChI is InChI=1S/C21H24FN3O2.ClH/c22-17-9-7-15(8-10-17)20(26)25-18-5-1-3-14(11-18)13-24-21(27)19-6-2-4-16(19)12-23;/h1,3,5,7-11,16,19H,2,4,6,12-13,23H2,(H,24,27)(H,25,26);1H/t16-,19-;/m1./s1. The molecular weight excluding hydrogens is 381 g/mol. The molecule has 0 heterocycles. The predicted molar refractivity (Wildman–Crippen MR) is 110 cm³/mol. The Hall–Kier alpha value is -2.44. The summed E-state index contributed by atoms with van der Waals surface area (Å²) in [6.45, 7) is 0.940. The van der Waals surface area contributed by atoms with Crippen molar-refractivity contribution in [2.24, 2.45) is 17.6 Å². The van der Waals surface area contributed by atoms with E-state index in [1.165, 1.54) is 24.3 Å². The van der Waals surface area contributed by atoms with Crippen LogP contribution in [0.1, 0.15) is 35.2 Å². The predicted octanol–water partition coefficient (Wildman–Crippen LogP) is 3.49. The molecule has 1 aliphatic rings. The van der Waals surface area contributed by atoms with E-state index in [1.807, 2.05) is 18.2 Å². The highest BCUT2D eigenvalue weighted by atomic mass is 35.5. The Balaban J connectivity index is 0.00000280. The van der Waals surface area contributed by atoms with E-state index >= 15 is 0 Å². The van der Waals surface area contributed by atoms with Crippen LogP contribution in [0.5, 0.6) is 0 Å². The molecule has 0 bridgehead atoms. The maximum Gasteiger partial charge on any atom is 0.255 e. The molecule has 4 N–H and O–H groups in total. The number of nitrogens with one attached hydrogen (secondary N) is 2. The summed E-state index contributed by atoms with van der Waals surface area (Å²) >= 11 is 0. The van der Waals surface area contributed by atoms with Crippen molar-refractivity contribution in [1.82, 2.24) is 5.32 Å². The normalized spacial score (nSPS) is 18.2. The van der Waals surface area contributed by atoms with E-state index in [1.54, 1.807) is 6.07 Å². The van der Waals surface area contributed by atoms with Gasteiger partial charge in [-0.25, -0.2) is 4.39 Å². The molecule has 0 radical (unpaired) electrons. The summed E-state index contributed by atoms with van der Waals surface area (Å²) in [7, 11) is 0. The highest BCUT2D eigenvalue weighted by Gasteiger charge is 2.31. The van der Waals surface area contributed by atoms with Gasteiger partial charge in [-0.05, 0) is 67.3 Å². The van der Waals surface area contributed by atoms with Crippen LogP contribution in [-0.4, -0.2) is 18.4 Å². The van der Waals surface area contributed by atoms with E-state index in [-0.39, 0.29) is 41.9 Å². The lowest BCUT2D eigenvalue weighted by Crippen LogP contribution is -2.34. The van der Waals surface area contributed by atoms with Crippen LogP contribution >= 0.6 is 12.4 Å². The Bertz CT molecular complexity index is 814. The molecule has 7 heteroatoms. The third kappa shape index (κ3) is 5.53. The van der Waals surface area contributed by atoms with E-state index < -0.39 is 0 Å². The second-order valence-corrected chi connectivity index (χ2v) is 6.91. The average Bonchev–Trinajstić information content (AvgIpc) is 3.16. The number of carbonyl (C=O) groups excluding carboxylic acids is 2. The maximum absolute atomic E-state index is 13.0. The molecule has 2 aromatic carbocycles. The minimum absolute atomic E-state index is 0. The summed E-state index contributed by atoms with van der Waals surface area (Å²) in [6, 6.07) is 12.7. The summed E-state index contributed by atoms with van der Waals surface area (Å²) in [6.07, 6.45) is 2.95. The monoisotopic (exact) mass is 405 g/mol. The van der Waals surface area contributed by atoms with Gasteiger partial charge in [-0.1, -0.05) is 18.6 Å². The SMILES string of the molecule is Cl.NC[C@H]1CCC[C@H]1C(=O)NCc1cccc(NC(=O)c2ccc(F)cc2)c1. The number of halogens is 2. The summed E-state index contributed by atoms with van der Waals surface area (Å²) in [5, 5.41) is 5.76. The lowest BCUT2D eigenvalue weighted by Gasteiger charge is -2.17. The maximum atomic E-state index is 13.0. The highest BCUT2D eigenvalue weighted by molar-refractivity contribution is 6.04. The number of amides is 2. The van der Waals surface area contributed by atoms with Gasteiger partial charge >= 0.3 is 0 Å². The molecule has 0 aliphatic heterocycles. The van der Waals surface area contributed by atoms with Gasteiger partial charge in [-0.2, -0.15) is 0 Å². The van der Waals surface area contributed by atoms with Gasteiger partial charge in [0.05, 0.1) is 0 Å². The Labute approximate surface area is 170 Å². The Morgan fingerprint density at radius 1 is 1.11 bits per heavy atom. The number of hydrogen-bond acceptors (Lipinski definition) is 3. The van der Waals surface area contributed by atoms with Crippen molar-refractivity contribution in [3.8, 4) is 0 Å². The number of rotatable bonds is 6. The van der Waals surface area contributed by atoms with Crippen molar-refractivity contribution < 1.29 is 14.0 Å². The fourth-order valence-corrected chi connectivity index (χ4v) is 3.55. The molecule has 2 aromatic rings. The molecule has 0 spiro atoms. The molecule has 5 nitrogen and oxygen atoms in total. The van der Waals surface area contributed by atoms with E-state index in [0.29, 0.717) is 24.3 Å². The molecule has 0 saturated heterocycles. The minimum Gasteiger partial charge on any atom is -0.352 e. The lowest BCUT2D eigenvalue weighted by atomic mass is 9.95. The third-order valence-electron chi connectivity index (χ3n) is 5.06. The summed E-state index contributed by atoms with van der Waals surface area (Å²) in [5.74, 6) is -0.386. The Morgan fingerprint density at radius 3 is 2.57 bits per heavy atom. The zero-order valence-electron chi connectivity index (χ0n) is 15.5. The average molecular weight is 406 g/mol. The van der Waals surface area contributed by atoms with Crippen LogP contribution in [0.15, 0.2) is 48.5 Å². The molecule has 1 fully saturated rings. The van der Waals surface area contributed by atoms with Gasteiger partial charge in [-0.15, -0.1) is 12.4 Å². The number of carbonyl (C=O) groups is 2. The topological polar surface area (TPSA) is 84.2 Å². The number of nitrogens with two attached hydrogens (primary N) is 1. The van der Waals surface area contributed by atoms with Gasteiger partial charge in [0.2, 0.25) is 5.91 Å². The molecule has 0 aromatic heterocycles. The minimum atomic E-state index is -0.386. The Morgan fingerprint density at radius 2 is 1.86 bits per heavy atom. The molecule has 150 valence electrons. The van der Waals surface area contributed by atoms with Gasteiger partial charge in [0.25, 0.3) is 5.91 Å². The van der Waals surface area contributed by atoms with Crippen molar-refractivity contribution in [3.05, 3.63) is 65.5 Å². The van der Waals surface area contributed by atoms with Crippen LogP contribution in [0.3, 0.4) is 0 Å². The van der Waals surface area contributed by atoms with E-state index in [0.717, 1.165) is 24.8 Å². The lowest BCUT2D eigenvalue weighted by molar-refractivity contribution is -0.126. The van der Waals surface area contributed by atoms with Gasteiger partial charge in [0.1, 0.15) is 5.82 Å². The summed E-state index contributed by atoms with van der Waals surface area (Å²) < 4.78 is 13.0. The number of hydrogen-bond donors (Lipinski definition) is 3. The van der Waals surface area contributed by atoms with E-state index in [4.69, 9.17) is 5.73 Å². The molecular formula is C21H25ClFN3O2. The Kier molecular flexibility index (Phi) is 7.96.